The Hall–Kier alpha value is -1.19. The zero-order valence-corrected chi connectivity index (χ0v) is 9.27. The van der Waals surface area contributed by atoms with Crippen molar-refractivity contribution in [2.45, 2.75) is 6.92 Å². The summed E-state index contributed by atoms with van der Waals surface area (Å²) in [5.74, 6) is -0.301. The summed E-state index contributed by atoms with van der Waals surface area (Å²) < 4.78 is 13.3. The Labute approximate surface area is 87.1 Å². The molecule has 72 valence electrons. The number of rotatable bonds is 2. The van der Waals surface area contributed by atoms with Crippen molar-refractivity contribution in [3.05, 3.63) is 23.8 Å². The van der Waals surface area contributed by atoms with Crippen LogP contribution in [0.25, 0.3) is 11.0 Å². The first-order chi connectivity index (χ1) is 6.81. The number of nitrogens with zero attached hydrogens (tertiary/aromatic N) is 2. The van der Waals surface area contributed by atoms with E-state index in [9.17, 15) is 4.79 Å². The van der Waals surface area contributed by atoms with Gasteiger partial charge in [0.1, 0.15) is 0 Å². The fraction of sp³-hybridized carbons (Fsp3) is 0.222. The molecule has 1 aromatic carbocycles. The number of hydrogen-bond donors (Lipinski definition) is 0. The van der Waals surface area contributed by atoms with Gasteiger partial charge in [0.15, 0.2) is 0 Å². The minimum atomic E-state index is -0.301. The van der Waals surface area contributed by atoms with Crippen LogP contribution in [0.3, 0.4) is 0 Å². The molecule has 0 amide bonds. The van der Waals surface area contributed by atoms with E-state index in [2.05, 4.69) is 7.96 Å². The summed E-state index contributed by atoms with van der Waals surface area (Å²) >= 11 is -0.0460. The molecule has 0 aliphatic rings. The molecule has 14 heavy (non-hydrogen) atoms. The molecule has 0 fully saturated rings. The molecular formula is C9H8N2O2Se. The van der Waals surface area contributed by atoms with E-state index in [-0.39, 0.29) is 20.9 Å². The average molecular weight is 255 g/mol. The topological polar surface area (TPSA) is 52.1 Å². The molecule has 0 N–H and O–H groups in total. The average Bonchev–Trinajstić information content (AvgIpc) is 2.64. The Morgan fingerprint density at radius 3 is 3.00 bits per heavy atom. The van der Waals surface area contributed by atoms with E-state index in [4.69, 9.17) is 4.74 Å². The number of aromatic nitrogens is 2. The van der Waals surface area contributed by atoms with Gasteiger partial charge in [0.05, 0.1) is 0 Å². The molecule has 0 aliphatic carbocycles. The number of fused-ring (bicyclic) bond motifs is 1. The Bertz CT molecular complexity index is 467. The van der Waals surface area contributed by atoms with Crippen molar-refractivity contribution in [3.8, 4) is 0 Å². The Kier molecular flexibility index (Phi) is 2.61. The first-order valence-corrected chi connectivity index (χ1v) is 5.74. The summed E-state index contributed by atoms with van der Waals surface area (Å²) in [4.78, 5) is 11.4. The molecular weight excluding hydrogens is 247 g/mol. The van der Waals surface area contributed by atoms with Gasteiger partial charge in [0.25, 0.3) is 0 Å². The van der Waals surface area contributed by atoms with Crippen molar-refractivity contribution in [3.63, 3.8) is 0 Å². The van der Waals surface area contributed by atoms with Gasteiger partial charge in [0.2, 0.25) is 0 Å². The molecule has 0 saturated carbocycles. The van der Waals surface area contributed by atoms with E-state index in [1.165, 1.54) is 0 Å². The van der Waals surface area contributed by atoms with Crippen molar-refractivity contribution in [2.75, 3.05) is 6.61 Å². The van der Waals surface area contributed by atoms with Crippen LogP contribution in [0, 0.1) is 0 Å². The van der Waals surface area contributed by atoms with Crippen LogP contribution in [0.4, 0.5) is 0 Å². The molecule has 0 atom stereocenters. The van der Waals surface area contributed by atoms with Gasteiger partial charge < -0.3 is 0 Å². The predicted octanol–water partition coefficient (Wildman–Crippen LogP) is 0.863. The number of esters is 1. The minimum absolute atomic E-state index is 0.0460. The van der Waals surface area contributed by atoms with Crippen LogP contribution in [0.5, 0.6) is 0 Å². The summed E-state index contributed by atoms with van der Waals surface area (Å²) in [5.41, 5.74) is 2.22. The van der Waals surface area contributed by atoms with Crippen LogP contribution in [-0.4, -0.2) is 35.5 Å². The van der Waals surface area contributed by atoms with E-state index in [1.54, 1.807) is 25.1 Å². The maximum atomic E-state index is 11.4. The van der Waals surface area contributed by atoms with Crippen LogP contribution in [-0.2, 0) is 4.74 Å². The fourth-order valence-electron chi connectivity index (χ4n) is 1.12. The molecule has 2 aromatic rings. The molecule has 0 spiro atoms. The Morgan fingerprint density at radius 1 is 1.43 bits per heavy atom. The van der Waals surface area contributed by atoms with Crippen molar-refractivity contribution >= 4 is 32.0 Å². The summed E-state index contributed by atoms with van der Waals surface area (Å²) in [6, 6.07) is 5.25. The van der Waals surface area contributed by atoms with Gasteiger partial charge in [-0.1, -0.05) is 0 Å². The summed E-state index contributed by atoms with van der Waals surface area (Å²) in [6.45, 7) is 2.18. The van der Waals surface area contributed by atoms with Crippen LogP contribution in [0.15, 0.2) is 18.2 Å². The van der Waals surface area contributed by atoms with E-state index in [1.807, 2.05) is 0 Å². The van der Waals surface area contributed by atoms with Gasteiger partial charge in [-0.15, -0.1) is 0 Å². The SMILES string of the molecule is CCOC(=O)c1ccc2n[se]nc2c1. The van der Waals surface area contributed by atoms with E-state index >= 15 is 0 Å². The van der Waals surface area contributed by atoms with Gasteiger partial charge in [-0.2, -0.15) is 0 Å². The third-order valence-electron chi connectivity index (χ3n) is 1.76. The Balaban J connectivity index is 2.38. The first kappa shape index (κ1) is 9.37. The van der Waals surface area contributed by atoms with E-state index in [0.29, 0.717) is 12.2 Å². The van der Waals surface area contributed by atoms with Crippen LogP contribution in [0.2, 0.25) is 0 Å². The molecule has 4 nitrogen and oxygen atoms in total. The van der Waals surface area contributed by atoms with Gasteiger partial charge in [-0.25, -0.2) is 0 Å². The predicted molar refractivity (Wildman–Crippen MR) is 52.4 cm³/mol. The second-order valence-corrected chi connectivity index (χ2v) is 3.80. The van der Waals surface area contributed by atoms with Gasteiger partial charge in [-0.3, -0.25) is 0 Å². The standard InChI is InChI=1S/C9H8N2O2Se/c1-2-13-9(12)6-3-4-7-8(5-6)11-14-10-7/h3-5H,2H2,1H3. The van der Waals surface area contributed by atoms with Crippen molar-refractivity contribution < 1.29 is 9.53 Å². The number of hydrogen-bond acceptors (Lipinski definition) is 4. The molecule has 1 aromatic heterocycles. The van der Waals surface area contributed by atoms with Crippen molar-refractivity contribution in [1.82, 2.24) is 7.96 Å². The van der Waals surface area contributed by atoms with Gasteiger partial charge in [0, 0.05) is 0 Å². The molecule has 5 heteroatoms. The van der Waals surface area contributed by atoms with Gasteiger partial charge in [-0.05, 0) is 0 Å². The molecule has 1 heterocycles. The number of ether oxygens (including phenoxy) is 1. The Morgan fingerprint density at radius 2 is 2.21 bits per heavy atom. The molecule has 0 aliphatic heterocycles. The molecule has 0 saturated heterocycles. The fourth-order valence-corrected chi connectivity index (χ4v) is 2.21. The first-order valence-electron chi connectivity index (χ1n) is 4.20. The van der Waals surface area contributed by atoms with Crippen LogP contribution >= 0.6 is 0 Å². The summed E-state index contributed by atoms with van der Waals surface area (Å²) in [7, 11) is 0. The molecule has 0 unspecified atom stereocenters. The number of carbonyl (C=O) groups is 1. The van der Waals surface area contributed by atoms with Crippen LogP contribution in [0.1, 0.15) is 17.3 Å². The quantitative estimate of drug-likeness (QED) is 0.590. The van der Waals surface area contributed by atoms with Crippen LogP contribution < -0.4 is 0 Å². The van der Waals surface area contributed by atoms with Crippen molar-refractivity contribution in [1.29, 1.82) is 0 Å². The summed E-state index contributed by atoms with van der Waals surface area (Å²) in [6.07, 6.45) is 0. The normalized spacial score (nSPS) is 10.4. The zero-order valence-electron chi connectivity index (χ0n) is 7.56. The van der Waals surface area contributed by atoms with E-state index in [0.717, 1.165) is 11.0 Å². The monoisotopic (exact) mass is 256 g/mol. The zero-order chi connectivity index (χ0) is 9.97. The number of benzene rings is 1. The number of carbonyl (C=O) groups excluding carboxylic acids is 1. The third-order valence-corrected chi connectivity index (χ3v) is 2.93. The molecule has 0 bridgehead atoms. The molecule has 0 radical (unpaired) electrons. The second-order valence-electron chi connectivity index (χ2n) is 2.69. The van der Waals surface area contributed by atoms with Crippen molar-refractivity contribution in [2.24, 2.45) is 0 Å². The third kappa shape index (κ3) is 1.69. The molecule has 2 rings (SSSR count). The van der Waals surface area contributed by atoms with Gasteiger partial charge >= 0.3 is 86.7 Å². The van der Waals surface area contributed by atoms with E-state index < -0.39 is 0 Å². The second kappa shape index (κ2) is 3.90. The maximum absolute atomic E-state index is 11.4. The summed E-state index contributed by atoms with van der Waals surface area (Å²) in [5, 5.41) is 0.